The molecule has 2 rings (SSSR count). The van der Waals surface area contributed by atoms with Gasteiger partial charge in [0.05, 0.1) is 5.92 Å². The van der Waals surface area contributed by atoms with E-state index in [1.54, 1.807) is 0 Å². The molecule has 1 heterocycles. The molecule has 2 N–H and O–H groups in total. The largest absolute Gasteiger partial charge is 0.479 e. The Labute approximate surface area is 119 Å². The summed E-state index contributed by atoms with van der Waals surface area (Å²) in [4.78, 5) is 22.7. The number of hydrogen-bond acceptors (Lipinski definition) is 3. The molecule has 21 heavy (non-hydrogen) atoms. The molecule has 1 saturated heterocycles. The van der Waals surface area contributed by atoms with Gasteiger partial charge in [0, 0.05) is 6.04 Å². The molecule has 1 aliphatic carbocycles. The molecule has 0 aromatic heterocycles. The third-order valence-corrected chi connectivity index (χ3v) is 4.07. The van der Waals surface area contributed by atoms with Crippen molar-refractivity contribution in [2.75, 3.05) is 0 Å². The number of amides is 1. The van der Waals surface area contributed by atoms with Crippen LogP contribution in [0.5, 0.6) is 0 Å². The molecule has 0 radical (unpaired) electrons. The van der Waals surface area contributed by atoms with E-state index in [9.17, 15) is 22.8 Å². The minimum absolute atomic E-state index is 0.0941. The predicted molar refractivity (Wildman–Crippen MR) is 65.5 cm³/mol. The summed E-state index contributed by atoms with van der Waals surface area (Å²) in [6, 6.07) is -0.523. The molecule has 1 aliphatic heterocycles. The van der Waals surface area contributed by atoms with E-state index in [4.69, 9.17) is 9.84 Å². The van der Waals surface area contributed by atoms with Crippen LogP contribution >= 0.6 is 0 Å². The first-order valence-electron chi connectivity index (χ1n) is 7.02. The summed E-state index contributed by atoms with van der Waals surface area (Å²) in [5.41, 5.74) is 0. The maximum absolute atomic E-state index is 12.7. The topological polar surface area (TPSA) is 75.6 Å². The molecule has 4 atom stereocenters. The Morgan fingerprint density at radius 1 is 1.10 bits per heavy atom. The van der Waals surface area contributed by atoms with E-state index >= 15 is 0 Å². The van der Waals surface area contributed by atoms with Crippen molar-refractivity contribution in [3.8, 4) is 0 Å². The van der Waals surface area contributed by atoms with Crippen molar-refractivity contribution in [2.45, 2.75) is 63.0 Å². The van der Waals surface area contributed by atoms with Crippen LogP contribution < -0.4 is 5.32 Å². The van der Waals surface area contributed by atoms with Crippen LogP contribution in [-0.4, -0.2) is 41.4 Å². The highest BCUT2D eigenvalue weighted by Gasteiger charge is 2.43. The maximum atomic E-state index is 12.7. The summed E-state index contributed by atoms with van der Waals surface area (Å²) in [5, 5.41) is 11.3. The normalized spacial score (nSPS) is 33.7. The van der Waals surface area contributed by atoms with Gasteiger partial charge >= 0.3 is 12.1 Å². The fourth-order valence-corrected chi connectivity index (χ4v) is 2.92. The van der Waals surface area contributed by atoms with E-state index in [1.807, 2.05) is 0 Å². The molecule has 2 aliphatic rings. The van der Waals surface area contributed by atoms with Gasteiger partial charge in [0.15, 0.2) is 6.10 Å². The van der Waals surface area contributed by atoms with Gasteiger partial charge in [0.2, 0.25) is 5.91 Å². The standard InChI is InChI=1S/C13H18F3NO4/c14-13(15,16)7-2-1-3-8(6-7)17-11(18)9-4-5-10(21-9)12(19)20/h7-10H,1-6H2,(H,17,18)(H,19,20). The van der Waals surface area contributed by atoms with E-state index in [0.717, 1.165) is 0 Å². The van der Waals surface area contributed by atoms with E-state index in [-0.39, 0.29) is 25.7 Å². The molecular weight excluding hydrogens is 291 g/mol. The second-order valence-electron chi connectivity index (χ2n) is 5.64. The summed E-state index contributed by atoms with van der Waals surface area (Å²) in [6.45, 7) is 0. The monoisotopic (exact) mass is 309 g/mol. The van der Waals surface area contributed by atoms with Gasteiger partial charge in [-0.3, -0.25) is 4.79 Å². The molecule has 0 aromatic carbocycles. The predicted octanol–water partition coefficient (Wildman–Crippen LogP) is 1.86. The smallest absolute Gasteiger partial charge is 0.391 e. The van der Waals surface area contributed by atoms with Gasteiger partial charge in [-0.1, -0.05) is 6.42 Å². The average molecular weight is 309 g/mol. The third kappa shape index (κ3) is 4.09. The summed E-state index contributed by atoms with van der Waals surface area (Å²) in [6.07, 6.45) is -4.71. The molecule has 0 aromatic rings. The minimum Gasteiger partial charge on any atom is -0.479 e. The van der Waals surface area contributed by atoms with Crippen molar-refractivity contribution < 1.29 is 32.6 Å². The molecular formula is C13H18F3NO4. The van der Waals surface area contributed by atoms with E-state index in [2.05, 4.69) is 5.32 Å². The Balaban J connectivity index is 1.84. The van der Waals surface area contributed by atoms with Gasteiger partial charge in [0.25, 0.3) is 0 Å². The third-order valence-electron chi connectivity index (χ3n) is 4.07. The summed E-state index contributed by atoms with van der Waals surface area (Å²) in [7, 11) is 0. The van der Waals surface area contributed by atoms with Crippen LogP contribution in [0.1, 0.15) is 38.5 Å². The Hall–Kier alpha value is -1.31. The molecule has 120 valence electrons. The number of ether oxygens (including phenoxy) is 1. The number of rotatable bonds is 3. The SMILES string of the molecule is O=C(O)C1CCC(C(=O)NC2CCCC(C(F)(F)F)C2)O1. The molecule has 1 saturated carbocycles. The number of carbonyl (C=O) groups is 2. The van der Waals surface area contributed by atoms with Gasteiger partial charge in [-0.05, 0) is 32.1 Å². The number of carboxylic acid groups (broad SMARTS) is 1. The van der Waals surface area contributed by atoms with Crippen LogP contribution in [0.3, 0.4) is 0 Å². The van der Waals surface area contributed by atoms with Crippen molar-refractivity contribution in [2.24, 2.45) is 5.92 Å². The summed E-state index contributed by atoms with van der Waals surface area (Å²) >= 11 is 0. The molecule has 4 unspecified atom stereocenters. The Kier molecular flexibility index (Phi) is 4.75. The number of carbonyl (C=O) groups excluding carboxylic acids is 1. The van der Waals surface area contributed by atoms with Crippen LogP contribution in [0.2, 0.25) is 0 Å². The number of alkyl halides is 3. The molecule has 0 spiro atoms. The number of hydrogen-bond donors (Lipinski definition) is 2. The Bertz CT molecular complexity index is 413. The van der Waals surface area contributed by atoms with Crippen molar-refractivity contribution >= 4 is 11.9 Å². The zero-order valence-corrected chi connectivity index (χ0v) is 11.4. The first-order chi connectivity index (χ1) is 9.77. The van der Waals surface area contributed by atoms with Gasteiger partial charge in [-0.2, -0.15) is 13.2 Å². The average Bonchev–Trinajstić information content (AvgIpc) is 2.88. The molecule has 5 nitrogen and oxygen atoms in total. The summed E-state index contributed by atoms with van der Waals surface area (Å²) < 4.78 is 43.2. The second kappa shape index (κ2) is 6.21. The van der Waals surface area contributed by atoms with Gasteiger partial charge < -0.3 is 15.2 Å². The van der Waals surface area contributed by atoms with E-state index in [0.29, 0.717) is 12.8 Å². The van der Waals surface area contributed by atoms with E-state index in [1.165, 1.54) is 0 Å². The fourth-order valence-electron chi connectivity index (χ4n) is 2.92. The molecule has 8 heteroatoms. The van der Waals surface area contributed by atoms with Gasteiger partial charge in [-0.25, -0.2) is 4.79 Å². The van der Waals surface area contributed by atoms with Crippen LogP contribution in [0.25, 0.3) is 0 Å². The van der Waals surface area contributed by atoms with Crippen LogP contribution in [0.15, 0.2) is 0 Å². The molecule has 1 amide bonds. The van der Waals surface area contributed by atoms with Crippen molar-refractivity contribution in [3.05, 3.63) is 0 Å². The number of aliphatic carboxylic acids is 1. The molecule has 0 bridgehead atoms. The zero-order valence-electron chi connectivity index (χ0n) is 11.4. The van der Waals surface area contributed by atoms with Crippen LogP contribution in [-0.2, 0) is 14.3 Å². The lowest BCUT2D eigenvalue weighted by molar-refractivity contribution is -0.184. The highest BCUT2D eigenvalue weighted by Crippen LogP contribution is 2.37. The Morgan fingerprint density at radius 3 is 2.33 bits per heavy atom. The number of halogens is 3. The highest BCUT2D eigenvalue weighted by atomic mass is 19.4. The van der Waals surface area contributed by atoms with Gasteiger partial charge in [-0.15, -0.1) is 0 Å². The Morgan fingerprint density at radius 2 is 1.76 bits per heavy atom. The highest BCUT2D eigenvalue weighted by molar-refractivity contribution is 5.82. The maximum Gasteiger partial charge on any atom is 0.391 e. The fraction of sp³-hybridized carbons (Fsp3) is 0.846. The summed E-state index contributed by atoms with van der Waals surface area (Å²) in [5.74, 6) is -3.01. The first-order valence-corrected chi connectivity index (χ1v) is 7.02. The quantitative estimate of drug-likeness (QED) is 0.834. The van der Waals surface area contributed by atoms with Crippen LogP contribution in [0.4, 0.5) is 13.2 Å². The van der Waals surface area contributed by atoms with Crippen molar-refractivity contribution in [3.63, 3.8) is 0 Å². The van der Waals surface area contributed by atoms with E-state index < -0.39 is 42.2 Å². The first kappa shape index (κ1) is 16.1. The number of nitrogens with one attached hydrogen (secondary N) is 1. The number of carboxylic acids is 1. The zero-order chi connectivity index (χ0) is 15.6. The van der Waals surface area contributed by atoms with Crippen LogP contribution in [0, 0.1) is 5.92 Å². The van der Waals surface area contributed by atoms with Crippen molar-refractivity contribution in [1.29, 1.82) is 0 Å². The lowest BCUT2D eigenvalue weighted by Gasteiger charge is -2.31. The molecule has 2 fully saturated rings. The lowest BCUT2D eigenvalue weighted by atomic mass is 9.85. The second-order valence-corrected chi connectivity index (χ2v) is 5.64. The van der Waals surface area contributed by atoms with Gasteiger partial charge in [0.1, 0.15) is 6.10 Å². The van der Waals surface area contributed by atoms with Crippen molar-refractivity contribution in [1.82, 2.24) is 5.32 Å². The lowest BCUT2D eigenvalue weighted by Crippen LogP contribution is -2.45. The minimum atomic E-state index is -4.23.